The molecule has 0 aliphatic carbocycles. The van der Waals surface area contributed by atoms with Crippen LogP contribution >= 0.6 is 0 Å². The van der Waals surface area contributed by atoms with E-state index in [0.29, 0.717) is 18.7 Å². The molecule has 23 heavy (non-hydrogen) atoms. The molecule has 0 aliphatic rings. The van der Waals surface area contributed by atoms with Crippen molar-refractivity contribution in [1.29, 1.82) is 0 Å². The highest BCUT2D eigenvalue weighted by Gasteiger charge is 2.12. The fourth-order valence-corrected chi connectivity index (χ4v) is 2.11. The van der Waals surface area contributed by atoms with Crippen molar-refractivity contribution in [3.63, 3.8) is 0 Å². The van der Waals surface area contributed by atoms with Gasteiger partial charge in [0.05, 0.1) is 12.7 Å². The third-order valence-electron chi connectivity index (χ3n) is 3.31. The largest absolute Gasteiger partial charge is 0.497 e. The fraction of sp³-hybridized carbons (Fsp3) is 0.235. The predicted octanol–water partition coefficient (Wildman–Crippen LogP) is 1.87. The van der Waals surface area contributed by atoms with Crippen LogP contribution in [0.1, 0.15) is 17.3 Å². The Morgan fingerprint density at radius 1 is 1.22 bits per heavy atom. The first-order valence-corrected chi connectivity index (χ1v) is 7.22. The molecule has 1 aromatic heterocycles. The van der Waals surface area contributed by atoms with E-state index in [1.165, 1.54) is 13.1 Å². The molecule has 0 aliphatic heterocycles. The van der Waals surface area contributed by atoms with Crippen molar-refractivity contribution >= 4 is 17.5 Å². The van der Waals surface area contributed by atoms with Gasteiger partial charge in [-0.2, -0.15) is 0 Å². The van der Waals surface area contributed by atoms with Gasteiger partial charge in [-0.15, -0.1) is 0 Å². The molecule has 0 spiro atoms. The summed E-state index contributed by atoms with van der Waals surface area (Å²) in [5.74, 6) is 0.421. The monoisotopic (exact) mass is 313 g/mol. The number of aromatic nitrogens is 1. The van der Waals surface area contributed by atoms with Crippen LogP contribution in [0.4, 0.5) is 5.69 Å². The van der Waals surface area contributed by atoms with E-state index in [-0.39, 0.29) is 11.8 Å². The van der Waals surface area contributed by atoms with Crippen LogP contribution < -0.4 is 15.0 Å². The maximum absolute atomic E-state index is 11.9. The number of pyridine rings is 1. The number of nitrogens with zero attached hydrogens (tertiary/aromatic N) is 2. The lowest BCUT2D eigenvalue weighted by atomic mass is 10.2. The number of benzene rings is 1. The highest BCUT2D eigenvalue weighted by atomic mass is 16.5. The molecule has 120 valence electrons. The molecule has 0 fully saturated rings. The van der Waals surface area contributed by atoms with Gasteiger partial charge in [0.25, 0.3) is 5.91 Å². The molecule has 2 aromatic rings. The van der Waals surface area contributed by atoms with Crippen LogP contribution in [0.25, 0.3) is 0 Å². The maximum atomic E-state index is 11.9. The Labute approximate surface area is 135 Å². The first-order chi connectivity index (χ1) is 11.1. The third kappa shape index (κ3) is 4.54. The highest BCUT2D eigenvalue weighted by molar-refractivity contribution is 5.94. The smallest absolute Gasteiger partial charge is 0.252 e. The second-order valence-electron chi connectivity index (χ2n) is 4.87. The Morgan fingerprint density at radius 3 is 2.52 bits per heavy atom. The lowest BCUT2D eigenvalue weighted by Crippen LogP contribution is -2.37. The SMILES string of the molecule is COc1ccc(N(CCNC(=O)c2cccnc2)C(C)=O)cc1. The first kappa shape index (κ1) is 16.5. The van der Waals surface area contributed by atoms with E-state index in [9.17, 15) is 9.59 Å². The lowest BCUT2D eigenvalue weighted by Gasteiger charge is -2.21. The maximum Gasteiger partial charge on any atom is 0.252 e. The molecule has 6 nitrogen and oxygen atoms in total. The number of rotatable bonds is 6. The fourth-order valence-electron chi connectivity index (χ4n) is 2.11. The van der Waals surface area contributed by atoms with E-state index >= 15 is 0 Å². The quantitative estimate of drug-likeness (QED) is 0.884. The van der Waals surface area contributed by atoms with Gasteiger partial charge in [-0.25, -0.2) is 0 Å². The Bertz CT molecular complexity index is 657. The minimum Gasteiger partial charge on any atom is -0.497 e. The Hall–Kier alpha value is -2.89. The highest BCUT2D eigenvalue weighted by Crippen LogP contribution is 2.19. The number of anilines is 1. The van der Waals surface area contributed by atoms with Crippen molar-refractivity contribution in [3.8, 4) is 5.75 Å². The molecule has 2 amide bonds. The van der Waals surface area contributed by atoms with Crippen molar-refractivity contribution < 1.29 is 14.3 Å². The summed E-state index contributed by atoms with van der Waals surface area (Å²) in [4.78, 5) is 29.3. The molecule has 0 unspecified atom stereocenters. The molecular formula is C17H19N3O3. The molecular weight excluding hydrogens is 294 g/mol. The molecule has 6 heteroatoms. The van der Waals surface area contributed by atoms with E-state index in [1.54, 1.807) is 42.5 Å². The number of hydrogen-bond donors (Lipinski definition) is 1. The summed E-state index contributed by atoms with van der Waals surface area (Å²) in [5.41, 5.74) is 1.25. The Morgan fingerprint density at radius 2 is 1.96 bits per heavy atom. The summed E-state index contributed by atoms with van der Waals surface area (Å²) in [5, 5.41) is 2.78. The summed E-state index contributed by atoms with van der Waals surface area (Å²) in [6, 6.07) is 10.6. The van der Waals surface area contributed by atoms with Crippen molar-refractivity contribution in [2.75, 3.05) is 25.1 Å². The topological polar surface area (TPSA) is 71.5 Å². The lowest BCUT2D eigenvalue weighted by molar-refractivity contribution is -0.116. The van der Waals surface area contributed by atoms with Crippen LogP contribution in [-0.4, -0.2) is 37.0 Å². The number of carbonyl (C=O) groups excluding carboxylic acids is 2. The first-order valence-electron chi connectivity index (χ1n) is 7.22. The zero-order valence-electron chi connectivity index (χ0n) is 13.2. The van der Waals surface area contributed by atoms with Crippen molar-refractivity contribution in [3.05, 3.63) is 54.4 Å². The van der Waals surface area contributed by atoms with Crippen LogP contribution in [0.2, 0.25) is 0 Å². The molecule has 1 aromatic carbocycles. The van der Waals surface area contributed by atoms with Gasteiger partial charge < -0.3 is 15.0 Å². The van der Waals surface area contributed by atoms with E-state index in [2.05, 4.69) is 10.3 Å². The molecule has 0 saturated carbocycles. The molecule has 0 bridgehead atoms. The summed E-state index contributed by atoms with van der Waals surface area (Å²) in [6.45, 7) is 2.22. The molecule has 1 N–H and O–H groups in total. The standard InChI is InChI=1S/C17H19N3O3/c1-13(21)20(15-5-7-16(23-2)8-6-15)11-10-19-17(22)14-4-3-9-18-12-14/h3-9,12H,10-11H2,1-2H3,(H,19,22). The zero-order valence-corrected chi connectivity index (χ0v) is 13.2. The molecule has 0 radical (unpaired) electrons. The minimum atomic E-state index is -0.212. The van der Waals surface area contributed by atoms with Gasteiger partial charge >= 0.3 is 0 Å². The van der Waals surface area contributed by atoms with Gasteiger partial charge in [0.2, 0.25) is 5.91 Å². The van der Waals surface area contributed by atoms with Gasteiger partial charge in [-0.05, 0) is 36.4 Å². The second-order valence-corrected chi connectivity index (χ2v) is 4.87. The van der Waals surface area contributed by atoms with E-state index in [4.69, 9.17) is 4.74 Å². The van der Waals surface area contributed by atoms with E-state index < -0.39 is 0 Å². The molecule has 1 heterocycles. The van der Waals surface area contributed by atoms with Gasteiger partial charge in [-0.3, -0.25) is 14.6 Å². The Balaban J connectivity index is 1.95. The van der Waals surface area contributed by atoms with Gasteiger partial charge in [-0.1, -0.05) is 0 Å². The minimum absolute atomic E-state index is 0.0919. The molecule has 0 saturated heterocycles. The van der Waals surface area contributed by atoms with Crippen molar-refractivity contribution in [2.45, 2.75) is 6.92 Å². The van der Waals surface area contributed by atoms with Crippen LogP contribution in [0.5, 0.6) is 5.75 Å². The summed E-state index contributed by atoms with van der Waals surface area (Å²) < 4.78 is 5.10. The van der Waals surface area contributed by atoms with Crippen LogP contribution in [0.3, 0.4) is 0 Å². The second kappa shape index (κ2) is 7.93. The van der Waals surface area contributed by atoms with Crippen molar-refractivity contribution in [2.24, 2.45) is 0 Å². The zero-order chi connectivity index (χ0) is 16.7. The van der Waals surface area contributed by atoms with E-state index in [1.807, 2.05) is 12.1 Å². The van der Waals surface area contributed by atoms with Crippen molar-refractivity contribution in [1.82, 2.24) is 10.3 Å². The number of amides is 2. The number of ether oxygens (including phenoxy) is 1. The summed E-state index contributed by atoms with van der Waals surface area (Å²) in [6.07, 6.45) is 3.11. The van der Waals surface area contributed by atoms with Gasteiger partial charge in [0, 0.05) is 38.1 Å². The average Bonchev–Trinajstić information content (AvgIpc) is 2.59. The average molecular weight is 313 g/mol. The Kier molecular flexibility index (Phi) is 5.68. The van der Waals surface area contributed by atoms with Crippen LogP contribution in [0, 0.1) is 0 Å². The third-order valence-corrected chi connectivity index (χ3v) is 3.31. The summed E-state index contributed by atoms with van der Waals surface area (Å²) in [7, 11) is 1.59. The van der Waals surface area contributed by atoms with Crippen LogP contribution in [0.15, 0.2) is 48.8 Å². The predicted molar refractivity (Wildman–Crippen MR) is 87.6 cm³/mol. The summed E-state index contributed by atoms with van der Waals surface area (Å²) >= 11 is 0. The molecule has 2 rings (SSSR count). The number of carbonyl (C=O) groups is 2. The molecule has 0 atom stereocenters. The normalized spacial score (nSPS) is 10.0. The number of hydrogen-bond acceptors (Lipinski definition) is 4. The van der Waals surface area contributed by atoms with Crippen LogP contribution in [-0.2, 0) is 4.79 Å². The van der Waals surface area contributed by atoms with Gasteiger partial charge in [0.15, 0.2) is 0 Å². The number of nitrogens with one attached hydrogen (secondary N) is 1. The van der Waals surface area contributed by atoms with Gasteiger partial charge in [0.1, 0.15) is 5.75 Å². The number of methoxy groups -OCH3 is 1. The van der Waals surface area contributed by atoms with E-state index in [0.717, 1.165) is 11.4 Å².